The topological polar surface area (TPSA) is 43.8 Å². The third-order valence-corrected chi connectivity index (χ3v) is 3.14. The summed E-state index contributed by atoms with van der Waals surface area (Å²) in [6, 6.07) is 0. The standard InChI is InChI=1S/C11H19ClN2O2/c1-10(8-12)9-14-6-4-13(5-7-14)3-2-11(15)16/h8H,2-7,9H2,1H3,(H,15,16). The average molecular weight is 247 g/mol. The van der Waals surface area contributed by atoms with Gasteiger partial charge in [0.05, 0.1) is 6.42 Å². The lowest BCUT2D eigenvalue weighted by molar-refractivity contribution is -0.137. The summed E-state index contributed by atoms with van der Waals surface area (Å²) in [7, 11) is 0. The molecule has 1 heterocycles. The fraction of sp³-hybridized carbons (Fsp3) is 0.727. The second-order valence-electron chi connectivity index (χ2n) is 4.22. The van der Waals surface area contributed by atoms with Crippen LogP contribution in [0, 0.1) is 0 Å². The molecular weight excluding hydrogens is 228 g/mol. The van der Waals surface area contributed by atoms with Crippen molar-refractivity contribution in [3.63, 3.8) is 0 Å². The molecular formula is C11H19ClN2O2. The van der Waals surface area contributed by atoms with Gasteiger partial charge in [-0.15, -0.1) is 0 Å². The van der Waals surface area contributed by atoms with E-state index in [1.807, 2.05) is 6.92 Å². The molecule has 1 saturated heterocycles. The Morgan fingerprint density at radius 3 is 2.38 bits per heavy atom. The molecule has 0 amide bonds. The molecule has 1 aliphatic heterocycles. The average Bonchev–Trinajstić information content (AvgIpc) is 2.28. The van der Waals surface area contributed by atoms with Crippen molar-refractivity contribution in [1.82, 2.24) is 9.80 Å². The zero-order valence-electron chi connectivity index (χ0n) is 9.65. The minimum atomic E-state index is -0.719. The third-order valence-electron chi connectivity index (χ3n) is 2.77. The van der Waals surface area contributed by atoms with Crippen LogP contribution in [0.15, 0.2) is 11.1 Å². The zero-order chi connectivity index (χ0) is 12.0. The normalized spacial score (nSPS) is 20.0. The maximum Gasteiger partial charge on any atom is 0.304 e. The van der Waals surface area contributed by atoms with Crippen molar-refractivity contribution in [3.8, 4) is 0 Å². The summed E-state index contributed by atoms with van der Waals surface area (Å²) in [5, 5.41) is 8.59. The van der Waals surface area contributed by atoms with Gasteiger partial charge in [-0.3, -0.25) is 9.69 Å². The largest absolute Gasteiger partial charge is 0.481 e. The van der Waals surface area contributed by atoms with E-state index in [1.54, 1.807) is 5.54 Å². The molecule has 0 aromatic rings. The highest BCUT2D eigenvalue weighted by Gasteiger charge is 2.16. The summed E-state index contributed by atoms with van der Waals surface area (Å²) in [6.07, 6.45) is 0.237. The quantitative estimate of drug-likeness (QED) is 0.792. The SMILES string of the molecule is CC(=CCl)CN1CCN(CCC(=O)O)CC1. The van der Waals surface area contributed by atoms with E-state index in [9.17, 15) is 4.79 Å². The molecule has 1 N–H and O–H groups in total. The van der Waals surface area contributed by atoms with Gasteiger partial charge in [-0.05, 0) is 12.5 Å². The van der Waals surface area contributed by atoms with Gasteiger partial charge in [0.1, 0.15) is 0 Å². The minimum absolute atomic E-state index is 0.237. The molecule has 16 heavy (non-hydrogen) atoms. The summed E-state index contributed by atoms with van der Waals surface area (Å²) in [4.78, 5) is 15.0. The Morgan fingerprint density at radius 1 is 1.31 bits per heavy atom. The van der Waals surface area contributed by atoms with Gasteiger partial charge in [0.2, 0.25) is 0 Å². The van der Waals surface area contributed by atoms with Crippen molar-refractivity contribution in [2.45, 2.75) is 13.3 Å². The van der Waals surface area contributed by atoms with Crippen molar-refractivity contribution in [1.29, 1.82) is 0 Å². The van der Waals surface area contributed by atoms with Crippen LogP contribution in [-0.2, 0) is 4.79 Å². The van der Waals surface area contributed by atoms with Gasteiger partial charge in [0.15, 0.2) is 0 Å². The summed E-state index contributed by atoms with van der Waals surface area (Å²) >= 11 is 5.62. The second kappa shape index (κ2) is 6.89. The first-order valence-electron chi connectivity index (χ1n) is 5.54. The number of carboxylic acids is 1. The van der Waals surface area contributed by atoms with Crippen LogP contribution in [0.2, 0.25) is 0 Å². The van der Waals surface area contributed by atoms with E-state index in [0.717, 1.165) is 32.7 Å². The van der Waals surface area contributed by atoms with E-state index in [2.05, 4.69) is 9.80 Å². The number of carboxylic acid groups (broad SMARTS) is 1. The predicted molar refractivity (Wildman–Crippen MR) is 64.7 cm³/mol. The first kappa shape index (κ1) is 13.5. The molecule has 0 bridgehead atoms. The molecule has 5 heteroatoms. The molecule has 92 valence electrons. The fourth-order valence-corrected chi connectivity index (χ4v) is 1.88. The van der Waals surface area contributed by atoms with Crippen molar-refractivity contribution >= 4 is 17.6 Å². The highest BCUT2D eigenvalue weighted by Crippen LogP contribution is 2.06. The van der Waals surface area contributed by atoms with Gasteiger partial charge in [0, 0.05) is 44.8 Å². The number of hydrogen-bond acceptors (Lipinski definition) is 3. The van der Waals surface area contributed by atoms with Crippen LogP contribution in [0.25, 0.3) is 0 Å². The van der Waals surface area contributed by atoms with E-state index < -0.39 is 5.97 Å². The molecule has 1 fully saturated rings. The summed E-state index contributed by atoms with van der Waals surface area (Å²) in [5.41, 5.74) is 2.79. The van der Waals surface area contributed by atoms with Gasteiger partial charge < -0.3 is 10.0 Å². The van der Waals surface area contributed by atoms with Crippen LogP contribution < -0.4 is 0 Å². The van der Waals surface area contributed by atoms with Gasteiger partial charge in [0.25, 0.3) is 0 Å². The third kappa shape index (κ3) is 4.96. The first-order chi connectivity index (χ1) is 7.61. The van der Waals surface area contributed by atoms with Crippen molar-refractivity contribution < 1.29 is 9.90 Å². The van der Waals surface area contributed by atoms with Gasteiger partial charge >= 0.3 is 5.97 Å². The van der Waals surface area contributed by atoms with Crippen LogP contribution in [0.5, 0.6) is 0 Å². The lowest BCUT2D eigenvalue weighted by atomic mass is 10.2. The van der Waals surface area contributed by atoms with E-state index in [0.29, 0.717) is 6.54 Å². The van der Waals surface area contributed by atoms with Gasteiger partial charge in [-0.2, -0.15) is 0 Å². The van der Waals surface area contributed by atoms with Crippen molar-refractivity contribution in [3.05, 3.63) is 11.1 Å². The van der Waals surface area contributed by atoms with Crippen LogP contribution >= 0.6 is 11.6 Å². The van der Waals surface area contributed by atoms with E-state index in [1.165, 1.54) is 5.57 Å². The molecule has 0 aromatic carbocycles. The van der Waals surface area contributed by atoms with Gasteiger partial charge in [-0.1, -0.05) is 11.6 Å². The number of rotatable bonds is 5. The van der Waals surface area contributed by atoms with E-state index in [4.69, 9.17) is 16.7 Å². The Balaban J connectivity index is 2.20. The Labute approximate surface area is 101 Å². The highest BCUT2D eigenvalue weighted by atomic mass is 35.5. The predicted octanol–water partition coefficient (Wildman–Crippen LogP) is 1.22. The molecule has 1 rings (SSSR count). The number of piperazine rings is 1. The molecule has 0 aromatic heterocycles. The molecule has 1 aliphatic rings. The van der Waals surface area contributed by atoms with Crippen molar-refractivity contribution in [2.75, 3.05) is 39.3 Å². The van der Waals surface area contributed by atoms with E-state index in [-0.39, 0.29) is 6.42 Å². The summed E-state index contributed by atoms with van der Waals surface area (Å²) in [5.74, 6) is -0.719. The first-order valence-corrected chi connectivity index (χ1v) is 5.98. The van der Waals surface area contributed by atoms with E-state index >= 15 is 0 Å². The smallest absolute Gasteiger partial charge is 0.304 e. The Hall–Kier alpha value is -0.580. The van der Waals surface area contributed by atoms with Crippen molar-refractivity contribution in [2.24, 2.45) is 0 Å². The Kier molecular flexibility index (Phi) is 5.80. The number of carbonyl (C=O) groups is 1. The maximum absolute atomic E-state index is 10.4. The van der Waals surface area contributed by atoms with Crippen LogP contribution in [0.4, 0.5) is 0 Å². The molecule has 0 saturated carbocycles. The summed E-state index contributed by atoms with van der Waals surface area (Å²) < 4.78 is 0. The number of aliphatic carboxylic acids is 1. The lowest BCUT2D eigenvalue weighted by Gasteiger charge is -2.34. The molecule has 0 radical (unpaired) electrons. The Bertz CT molecular complexity index is 261. The molecule has 0 spiro atoms. The lowest BCUT2D eigenvalue weighted by Crippen LogP contribution is -2.47. The minimum Gasteiger partial charge on any atom is -0.481 e. The Morgan fingerprint density at radius 2 is 1.88 bits per heavy atom. The number of halogens is 1. The van der Waals surface area contributed by atoms with Crippen LogP contribution in [-0.4, -0.2) is 60.1 Å². The van der Waals surface area contributed by atoms with Crippen LogP contribution in [0.3, 0.4) is 0 Å². The maximum atomic E-state index is 10.4. The molecule has 0 atom stereocenters. The second-order valence-corrected chi connectivity index (χ2v) is 4.44. The van der Waals surface area contributed by atoms with Gasteiger partial charge in [-0.25, -0.2) is 0 Å². The number of hydrogen-bond donors (Lipinski definition) is 1. The number of nitrogens with zero attached hydrogens (tertiary/aromatic N) is 2. The fourth-order valence-electron chi connectivity index (χ4n) is 1.81. The molecule has 0 unspecified atom stereocenters. The summed E-state index contributed by atoms with van der Waals surface area (Å²) in [6.45, 7) is 7.46. The molecule has 4 nitrogen and oxygen atoms in total. The highest BCUT2D eigenvalue weighted by molar-refractivity contribution is 6.25. The molecule has 0 aliphatic carbocycles. The van der Waals surface area contributed by atoms with Crippen LogP contribution in [0.1, 0.15) is 13.3 Å². The monoisotopic (exact) mass is 246 g/mol. The zero-order valence-corrected chi connectivity index (χ0v) is 10.4.